The molecular weight excluding hydrogens is 302 g/mol. The van der Waals surface area contributed by atoms with Gasteiger partial charge in [-0.15, -0.1) is 0 Å². The van der Waals surface area contributed by atoms with Gasteiger partial charge in [0.25, 0.3) is 0 Å². The van der Waals surface area contributed by atoms with E-state index in [0.717, 1.165) is 11.1 Å². The number of hydrogen-bond donors (Lipinski definition) is 2. The topological polar surface area (TPSA) is 66.4 Å². The molecule has 0 aliphatic rings. The van der Waals surface area contributed by atoms with Crippen LogP contribution in [0.3, 0.4) is 0 Å². The van der Waals surface area contributed by atoms with Gasteiger partial charge in [0.15, 0.2) is 0 Å². The minimum Gasteiger partial charge on any atom is -0.481 e. The molecule has 0 aliphatic carbocycles. The van der Waals surface area contributed by atoms with Crippen molar-refractivity contribution in [3.63, 3.8) is 0 Å². The van der Waals surface area contributed by atoms with E-state index in [4.69, 9.17) is 5.11 Å². The van der Waals surface area contributed by atoms with E-state index in [1.165, 1.54) is 5.56 Å². The summed E-state index contributed by atoms with van der Waals surface area (Å²) in [6.07, 6.45) is 1.23. The molecule has 2 aromatic rings. The van der Waals surface area contributed by atoms with Crippen molar-refractivity contribution in [3.05, 3.63) is 65.2 Å². The Kier molecular flexibility index (Phi) is 6.13. The van der Waals surface area contributed by atoms with E-state index >= 15 is 0 Å². The molecule has 1 amide bonds. The van der Waals surface area contributed by atoms with Gasteiger partial charge in [-0.1, -0.05) is 48.9 Å². The van der Waals surface area contributed by atoms with Gasteiger partial charge in [-0.2, -0.15) is 0 Å². The van der Waals surface area contributed by atoms with Crippen LogP contribution in [-0.4, -0.2) is 17.0 Å². The molecule has 0 saturated heterocycles. The molecule has 2 N–H and O–H groups in total. The number of carbonyl (C=O) groups excluding carboxylic acids is 1. The number of anilines is 1. The van der Waals surface area contributed by atoms with Crippen LogP contribution in [0.25, 0.3) is 0 Å². The first kappa shape index (κ1) is 17.7. The van der Waals surface area contributed by atoms with Crippen molar-refractivity contribution in [2.75, 3.05) is 5.32 Å². The number of hydrogen-bond acceptors (Lipinski definition) is 2. The number of carbonyl (C=O) groups is 2. The second-order valence-corrected chi connectivity index (χ2v) is 6.17. The first-order valence-electron chi connectivity index (χ1n) is 8.11. The van der Waals surface area contributed by atoms with Crippen LogP contribution < -0.4 is 5.32 Å². The van der Waals surface area contributed by atoms with Crippen LogP contribution in [0.5, 0.6) is 0 Å². The maximum absolute atomic E-state index is 12.4. The Morgan fingerprint density at radius 2 is 1.79 bits per heavy atom. The van der Waals surface area contributed by atoms with Gasteiger partial charge in [0.1, 0.15) is 0 Å². The summed E-state index contributed by atoms with van der Waals surface area (Å²) in [6.45, 7) is 3.95. The summed E-state index contributed by atoms with van der Waals surface area (Å²) in [5.41, 5.74) is 3.95. The summed E-state index contributed by atoms with van der Waals surface area (Å²) < 4.78 is 0. The summed E-state index contributed by atoms with van der Waals surface area (Å²) in [5.74, 6) is -1.00. The van der Waals surface area contributed by atoms with E-state index < -0.39 is 5.97 Å². The van der Waals surface area contributed by atoms with Gasteiger partial charge in [0.2, 0.25) is 5.91 Å². The standard InChI is InChI=1S/C20H23NO3/c1-14-6-8-17(9-7-14)12-15(2)20(24)21-18-5-3-4-16(13-18)10-11-19(22)23/h3-9,13,15H,10-12H2,1-2H3,(H,21,24)(H,22,23). The lowest BCUT2D eigenvalue weighted by atomic mass is 9.99. The number of amides is 1. The van der Waals surface area contributed by atoms with Crippen molar-refractivity contribution < 1.29 is 14.7 Å². The van der Waals surface area contributed by atoms with Gasteiger partial charge in [-0.3, -0.25) is 9.59 Å². The maximum Gasteiger partial charge on any atom is 0.303 e. The maximum atomic E-state index is 12.4. The van der Waals surface area contributed by atoms with Crippen molar-refractivity contribution in [2.45, 2.75) is 33.1 Å². The third kappa shape index (κ3) is 5.54. The third-order valence-corrected chi connectivity index (χ3v) is 3.93. The van der Waals surface area contributed by atoms with Crippen LogP contribution in [0.1, 0.15) is 30.0 Å². The van der Waals surface area contributed by atoms with Crippen molar-refractivity contribution in [3.8, 4) is 0 Å². The molecular formula is C20H23NO3. The fourth-order valence-electron chi connectivity index (χ4n) is 2.49. The van der Waals surface area contributed by atoms with Crippen molar-refractivity contribution in [1.82, 2.24) is 0 Å². The molecule has 0 heterocycles. The predicted molar refractivity (Wildman–Crippen MR) is 95.1 cm³/mol. The van der Waals surface area contributed by atoms with Gasteiger partial charge >= 0.3 is 5.97 Å². The Morgan fingerprint density at radius 1 is 1.08 bits per heavy atom. The fourth-order valence-corrected chi connectivity index (χ4v) is 2.49. The van der Waals surface area contributed by atoms with Crippen LogP contribution in [0.2, 0.25) is 0 Å². The van der Waals surface area contributed by atoms with Gasteiger partial charge in [-0.25, -0.2) is 0 Å². The summed E-state index contributed by atoms with van der Waals surface area (Å²) in [7, 11) is 0. The molecule has 0 aromatic heterocycles. The average Bonchev–Trinajstić information content (AvgIpc) is 2.55. The first-order valence-corrected chi connectivity index (χ1v) is 8.11. The lowest BCUT2D eigenvalue weighted by molar-refractivity contribution is -0.137. The van der Waals surface area contributed by atoms with E-state index in [1.807, 2.05) is 62.4 Å². The van der Waals surface area contributed by atoms with Crippen molar-refractivity contribution in [1.29, 1.82) is 0 Å². The van der Waals surface area contributed by atoms with Crippen molar-refractivity contribution >= 4 is 17.6 Å². The fraction of sp³-hybridized carbons (Fsp3) is 0.300. The second kappa shape index (κ2) is 8.29. The number of carboxylic acids is 1. The quantitative estimate of drug-likeness (QED) is 0.813. The molecule has 0 saturated carbocycles. The lowest BCUT2D eigenvalue weighted by Crippen LogP contribution is -2.22. The third-order valence-electron chi connectivity index (χ3n) is 3.93. The number of nitrogens with one attached hydrogen (secondary N) is 1. The smallest absolute Gasteiger partial charge is 0.303 e. The Balaban J connectivity index is 1.94. The highest BCUT2D eigenvalue weighted by Crippen LogP contribution is 2.16. The number of carboxylic acid groups (broad SMARTS) is 1. The largest absolute Gasteiger partial charge is 0.481 e. The Labute approximate surface area is 142 Å². The zero-order chi connectivity index (χ0) is 17.5. The van der Waals surface area contributed by atoms with E-state index in [0.29, 0.717) is 18.5 Å². The summed E-state index contributed by atoms with van der Waals surface area (Å²) in [5, 5.41) is 11.7. The number of rotatable bonds is 7. The summed E-state index contributed by atoms with van der Waals surface area (Å²) in [6, 6.07) is 15.5. The molecule has 4 heteroatoms. The molecule has 0 bridgehead atoms. The highest BCUT2D eigenvalue weighted by Gasteiger charge is 2.14. The predicted octanol–water partition coefficient (Wildman–Crippen LogP) is 3.83. The highest BCUT2D eigenvalue weighted by molar-refractivity contribution is 5.92. The summed E-state index contributed by atoms with van der Waals surface area (Å²) in [4.78, 5) is 23.0. The lowest BCUT2D eigenvalue weighted by Gasteiger charge is -2.13. The van der Waals surface area contributed by atoms with E-state index in [1.54, 1.807) is 0 Å². The van der Waals surface area contributed by atoms with Gasteiger partial charge < -0.3 is 10.4 Å². The average molecular weight is 325 g/mol. The molecule has 2 rings (SSSR count). The molecule has 24 heavy (non-hydrogen) atoms. The highest BCUT2D eigenvalue weighted by atomic mass is 16.4. The van der Waals surface area contributed by atoms with Gasteiger partial charge in [0, 0.05) is 18.0 Å². The zero-order valence-corrected chi connectivity index (χ0v) is 14.1. The van der Waals surface area contributed by atoms with Crippen LogP contribution in [-0.2, 0) is 22.4 Å². The van der Waals surface area contributed by atoms with E-state index in [9.17, 15) is 9.59 Å². The van der Waals surface area contributed by atoms with Gasteiger partial charge in [-0.05, 0) is 43.0 Å². The number of benzene rings is 2. The van der Waals surface area contributed by atoms with E-state index in [2.05, 4.69) is 5.32 Å². The van der Waals surface area contributed by atoms with Crippen LogP contribution in [0.15, 0.2) is 48.5 Å². The SMILES string of the molecule is Cc1ccc(CC(C)C(=O)Nc2cccc(CCC(=O)O)c2)cc1. The Bertz CT molecular complexity index is 707. The minimum atomic E-state index is -0.823. The molecule has 0 aliphatic heterocycles. The van der Waals surface area contributed by atoms with Crippen LogP contribution >= 0.6 is 0 Å². The normalized spacial score (nSPS) is 11.8. The molecule has 126 valence electrons. The molecule has 0 spiro atoms. The Morgan fingerprint density at radius 3 is 2.46 bits per heavy atom. The number of aryl methyl sites for hydroxylation is 2. The van der Waals surface area contributed by atoms with Crippen LogP contribution in [0.4, 0.5) is 5.69 Å². The summed E-state index contributed by atoms with van der Waals surface area (Å²) >= 11 is 0. The van der Waals surface area contributed by atoms with Crippen molar-refractivity contribution in [2.24, 2.45) is 5.92 Å². The molecule has 1 unspecified atom stereocenters. The number of aliphatic carboxylic acids is 1. The monoisotopic (exact) mass is 325 g/mol. The first-order chi connectivity index (χ1) is 11.4. The van der Waals surface area contributed by atoms with E-state index in [-0.39, 0.29) is 18.2 Å². The molecule has 2 aromatic carbocycles. The van der Waals surface area contributed by atoms with Gasteiger partial charge in [0.05, 0.1) is 0 Å². The molecule has 4 nitrogen and oxygen atoms in total. The second-order valence-electron chi connectivity index (χ2n) is 6.17. The Hall–Kier alpha value is -2.62. The molecule has 1 atom stereocenters. The minimum absolute atomic E-state index is 0.0361. The zero-order valence-electron chi connectivity index (χ0n) is 14.1. The molecule has 0 radical (unpaired) electrons. The van der Waals surface area contributed by atoms with Crippen LogP contribution in [0, 0.1) is 12.8 Å². The molecule has 0 fully saturated rings.